The Morgan fingerprint density at radius 2 is 2.10 bits per heavy atom. The summed E-state index contributed by atoms with van der Waals surface area (Å²) in [4.78, 5) is 3.80. The van der Waals surface area contributed by atoms with Gasteiger partial charge in [0.15, 0.2) is 0 Å². The minimum Gasteiger partial charge on any atom is -0.230 e. The van der Waals surface area contributed by atoms with E-state index in [-0.39, 0.29) is 0 Å². The molecule has 0 aromatic carbocycles. The van der Waals surface area contributed by atoms with Gasteiger partial charge in [-0.1, -0.05) is 12.2 Å². The van der Waals surface area contributed by atoms with Crippen molar-refractivity contribution in [3.63, 3.8) is 0 Å². The van der Waals surface area contributed by atoms with Gasteiger partial charge in [-0.15, -0.1) is 0 Å². The lowest BCUT2D eigenvalue weighted by Gasteiger charge is -1.98. The number of rotatable bonds is 2. The molecule has 0 fully saturated rings. The molecule has 0 heterocycles. The Morgan fingerprint density at radius 3 is 2.40 bits per heavy atom. The van der Waals surface area contributed by atoms with Gasteiger partial charge in [0.2, 0.25) is 5.03 Å². The lowest BCUT2D eigenvalue weighted by Crippen LogP contribution is -1.76. The van der Waals surface area contributed by atoms with Gasteiger partial charge in [0.05, 0.1) is 6.57 Å². The molecule has 0 rings (SSSR count). The molecule has 10 heavy (non-hydrogen) atoms. The summed E-state index contributed by atoms with van der Waals surface area (Å²) in [6.45, 7) is 12.2. The van der Waals surface area contributed by atoms with Gasteiger partial charge in [0.25, 0.3) is 0 Å². The van der Waals surface area contributed by atoms with Crippen LogP contribution in [-0.4, -0.2) is 0 Å². The number of thiol groups is 2. The van der Waals surface area contributed by atoms with E-state index in [1.807, 2.05) is 6.92 Å². The Morgan fingerprint density at radius 1 is 1.60 bits per heavy atom. The van der Waals surface area contributed by atoms with Crippen LogP contribution in [0.25, 0.3) is 4.85 Å². The first-order chi connectivity index (χ1) is 4.57. The van der Waals surface area contributed by atoms with Crippen molar-refractivity contribution >= 4 is 25.3 Å². The molecule has 0 aliphatic rings. The quantitative estimate of drug-likeness (QED) is 0.358. The van der Waals surface area contributed by atoms with Crippen molar-refractivity contribution in [3.05, 3.63) is 33.5 Å². The molecule has 0 unspecified atom stereocenters. The second-order valence-electron chi connectivity index (χ2n) is 2.02. The Bertz CT molecular complexity index is 210. The molecule has 0 N–H and O–H groups in total. The van der Waals surface area contributed by atoms with Crippen molar-refractivity contribution in [1.82, 2.24) is 0 Å². The fraction of sp³-hybridized carbons (Fsp3) is 0.286. The van der Waals surface area contributed by atoms with E-state index in [0.29, 0.717) is 16.4 Å². The number of hydrogen-bond donors (Lipinski definition) is 2. The van der Waals surface area contributed by atoms with E-state index in [1.54, 1.807) is 0 Å². The van der Waals surface area contributed by atoms with E-state index < -0.39 is 0 Å². The molecule has 0 spiro atoms. The molecule has 0 aromatic heterocycles. The van der Waals surface area contributed by atoms with Gasteiger partial charge >= 0.3 is 0 Å². The van der Waals surface area contributed by atoms with E-state index in [2.05, 4.69) is 36.7 Å². The first kappa shape index (κ1) is 9.67. The Kier molecular flexibility index (Phi) is 4.33. The largest absolute Gasteiger partial charge is 0.230 e. The lowest BCUT2D eigenvalue weighted by molar-refractivity contribution is 1.21. The smallest absolute Gasteiger partial charge is 0.226 e. The van der Waals surface area contributed by atoms with Gasteiger partial charge in [-0.25, -0.2) is 4.85 Å². The predicted molar refractivity (Wildman–Crippen MR) is 51.0 cm³/mol. The molecule has 0 saturated heterocycles. The Hall–Kier alpha value is -0.330. The van der Waals surface area contributed by atoms with Crippen LogP contribution in [0.15, 0.2) is 22.1 Å². The summed E-state index contributed by atoms with van der Waals surface area (Å²) in [6, 6.07) is 0. The minimum atomic E-state index is 0.353. The van der Waals surface area contributed by atoms with E-state index >= 15 is 0 Å². The van der Waals surface area contributed by atoms with Crippen LogP contribution in [0.5, 0.6) is 0 Å². The third-order valence-corrected chi connectivity index (χ3v) is 1.75. The van der Waals surface area contributed by atoms with Crippen LogP contribution in [0.3, 0.4) is 0 Å². The SMILES string of the molecule is [C-]#[N+]C(S)=C(S)CC(=C)C. The van der Waals surface area contributed by atoms with Crippen LogP contribution >= 0.6 is 25.3 Å². The van der Waals surface area contributed by atoms with Gasteiger partial charge < -0.3 is 0 Å². The summed E-state index contributed by atoms with van der Waals surface area (Å²) in [7, 11) is 0. The second-order valence-corrected chi connectivity index (χ2v) is 2.98. The van der Waals surface area contributed by atoms with Crippen LogP contribution in [0.2, 0.25) is 0 Å². The summed E-state index contributed by atoms with van der Waals surface area (Å²) in [5.41, 5.74) is 0.986. The zero-order chi connectivity index (χ0) is 8.15. The highest BCUT2D eigenvalue weighted by Gasteiger charge is 1.96. The molecule has 1 nitrogen and oxygen atoms in total. The minimum absolute atomic E-state index is 0.353. The van der Waals surface area contributed by atoms with Crippen molar-refractivity contribution in [2.45, 2.75) is 13.3 Å². The molecule has 54 valence electrons. The molecule has 0 aliphatic heterocycles. The summed E-state index contributed by atoms with van der Waals surface area (Å²) >= 11 is 7.98. The Labute approximate surface area is 72.5 Å². The Balaban J connectivity index is 4.23. The van der Waals surface area contributed by atoms with Crippen molar-refractivity contribution in [3.8, 4) is 0 Å². The predicted octanol–water partition coefficient (Wildman–Crippen LogP) is 2.90. The van der Waals surface area contributed by atoms with E-state index in [4.69, 9.17) is 6.57 Å². The van der Waals surface area contributed by atoms with E-state index in [0.717, 1.165) is 5.57 Å². The topological polar surface area (TPSA) is 4.36 Å². The first-order valence-corrected chi connectivity index (χ1v) is 3.60. The summed E-state index contributed by atoms with van der Waals surface area (Å²) in [5.74, 6) is 0. The highest BCUT2D eigenvalue weighted by atomic mass is 32.1. The van der Waals surface area contributed by atoms with Crippen molar-refractivity contribution in [1.29, 1.82) is 0 Å². The third kappa shape index (κ3) is 3.65. The summed E-state index contributed by atoms with van der Waals surface area (Å²) < 4.78 is 0. The highest BCUT2D eigenvalue weighted by molar-refractivity contribution is 7.88. The van der Waals surface area contributed by atoms with E-state index in [1.165, 1.54) is 0 Å². The van der Waals surface area contributed by atoms with Crippen molar-refractivity contribution in [2.75, 3.05) is 0 Å². The van der Waals surface area contributed by atoms with Crippen molar-refractivity contribution in [2.24, 2.45) is 0 Å². The van der Waals surface area contributed by atoms with Crippen molar-refractivity contribution < 1.29 is 0 Å². The van der Waals surface area contributed by atoms with Gasteiger partial charge in [-0.3, -0.25) is 0 Å². The number of nitrogens with zero attached hydrogens (tertiary/aromatic N) is 1. The molecule has 0 atom stereocenters. The normalized spacial score (nSPS) is 11.8. The number of allylic oxidation sites excluding steroid dienone is 2. The van der Waals surface area contributed by atoms with Crippen LogP contribution in [0.1, 0.15) is 13.3 Å². The molecule has 0 saturated carbocycles. The molecule has 0 amide bonds. The standard InChI is InChI=1S/C7H9NS2/c1-5(2)4-6(9)7(10)8-3/h9-10H,1,4H2,2H3. The first-order valence-electron chi connectivity index (χ1n) is 2.71. The summed E-state index contributed by atoms with van der Waals surface area (Å²) in [6.07, 6.45) is 0.643. The van der Waals surface area contributed by atoms with Crippen LogP contribution in [0.4, 0.5) is 0 Å². The van der Waals surface area contributed by atoms with Crippen LogP contribution in [0, 0.1) is 6.57 Å². The molecule has 0 aliphatic carbocycles. The molecule has 0 radical (unpaired) electrons. The fourth-order valence-corrected chi connectivity index (χ4v) is 0.828. The molecule has 0 bridgehead atoms. The fourth-order valence-electron chi connectivity index (χ4n) is 0.429. The van der Waals surface area contributed by atoms with Gasteiger partial charge in [-0.2, -0.15) is 25.3 Å². The van der Waals surface area contributed by atoms with Crippen LogP contribution < -0.4 is 0 Å². The molecular weight excluding hydrogens is 162 g/mol. The summed E-state index contributed by atoms with van der Waals surface area (Å²) in [5, 5.41) is 0.353. The van der Waals surface area contributed by atoms with Gasteiger partial charge in [-0.05, 0) is 18.2 Å². The van der Waals surface area contributed by atoms with Crippen LogP contribution in [-0.2, 0) is 0 Å². The zero-order valence-corrected chi connectivity index (χ0v) is 7.54. The third-order valence-electron chi connectivity index (χ3n) is 0.833. The average molecular weight is 171 g/mol. The average Bonchev–Trinajstić information content (AvgIpc) is 1.85. The molecule has 3 heteroatoms. The zero-order valence-electron chi connectivity index (χ0n) is 5.76. The maximum Gasteiger partial charge on any atom is 0.226 e. The maximum atomic E-state index is 6.60. The number of hydrogen-bond acceptors (Lipinski definition) is 2. The lowest BCUT2D eigenvalue weighted by atomic mass is 10.2. The van der Waals surface area contributed by atoms with Gasteiger partial charge in [0, 0.05) is 0 Å². The molecule has 0 aromatic rings. The monoisotopic (exact) mass is 171 g/mol. The molecular formula is C7H9NS2. The van der Waals surface area contributed by atoms with Gasteiger partial charge in [0.1, 0.15) is 0 Å². The maximum absolute atomic E-state index is 6.60. The van der Waals surface area contributed by atoms with E-state index in [9.17, 15) is 0 Å². The highest BCUT2D eigenvalue weighted by Crippen LogP contribution is 2.20. The second kappa shape index (κ2) is 4.48.